The Kier molecular flexibility index (Phi) is 7.29. The molecule has 1 aliphatic heterocycles. The van der Waals surface area contributed by atoms with Gasteiger partial charge in [-0.3, -0.25) is 14.6 Å². The van der Waals surface area contributed by atoms with Crippen molar-refractivity contribution in [2.24, 2.45) is 0 Å². The molecule has 190 valence electrons. The van der Waals surface area contributed by atoms with Gasteiger partial charge in [-0.25, -0.2) is 4.98 Å². The molecule has 1 aliphatic carbocycles. The van der Waals surface area contributed by atoms with Gasteiger partial charge in [0.15, 0.2) is 12.1 Å². The van der Waals surface area contributed by atoms with Gasteiger partial charge < -0.3 is 20.9 Å². The van der Waals surface area contributed by atoms with E-state index in [1.54, 1.807) is 12.4 Å². The molecule has 3 aromatic rings. The highest BCUT2D eigenvalue weighted by molar-refractivity contribution is 5.95. The van der Waals surface area contributed by atoms with Crippen LogP contribution in [0, 0.1) is 6.92 Å². The molecule has 2 aromatic heterocycles. The first-order chi connectivity index (χ1) is 17.6. The average molecular weight is 492 g/mol. The molecule has 3 heterocycles. The highest BCUT2D eigenvalue weighted by Gasteiger charge is 2.21. The minimum absolute atomic E-state index is 0.115. The molecule has 5 N–H and O–H groups in total. The molecule has 1 saturated heterocycles. The maximum atomic E-state index is 12.6. The summed E-state index contributed by atoms with van der Waals surface area (Å²) in [6, 6.07) is 5.97. The first kappa shape index (κ1) is 24.0. The number of carbonyl (C=O) groups is 2. The van der Waals surface area contributed by atoms with Crippen molar-refractivity contribution in [1.82, 2.24) is 25.2 Å². The van der Waals surface area contributed by atoms with E-state index in [9.17, 15) is 9.59 Å². The van der Waals surface area contributed by atoms with Gasteiger partial charge in [-0.05, 0) is 56.4 Å². The summed E-state index contributed by atoms with van der Waals surface area (Å²) in [6.45, 7) is 4.03. The molecule has 0 bridgehead atoms. The smallest absolute Gasteiger partial charge is 0.307 e. The van der Waals surface area contributed by atoms with Crippen molar-refractivity contribution in [2.45, 2.75) is 64.3 Å². The van der Waals surface area contributed by atoms with E-state index in [2.05, 4.69) is 30.9 Å². The molecule has 36 heavy (non-hydrogen) atoms. The summed E-state index contributed by atoms with van der Waals surface area (Å²) in [7, 11) is 0. The van der Waals surface area contributed by atoms with Crippen LogP contribution in [0.15, 0.2) is 24.5 Å². The molecule has 10 nitrogen and oxygen atoms in total. The maximum absolute atomic E-state index is 12.6. The molecule has 0 radical (unpaired) electrons. The normalized spacial score (nSPS) is 16.5. The van der Waals surface area contributed by atoms with Crippen LogP contribution in [0.1, 0.15) is 67.3 Å². The third-order valence-corrected chi connectivity index (χ3v) is 7.08. The van der Waals surface area contributed by atoms with Gasteiger partial charge in [-0.15, -0.1) is 0 Å². The molecule has 2 amide bonds. The number of nitrogens with zero attached hydrogens (tertiary/aromatic N) is 3. The number of aryl methyl sites for hydroxylation is 1. The van der Waals surface area contributed by atoms with Gasteiger partial charge in [-0.1, -0.05) is 24.2 Å². The number of hydrogen-bond donors (Lipinski definition) is 4. The highest BCUT2D eigenvalue weighted by atomic mass is 16.2. The van der Waals surface area contributed by atoms with Crippen LogP contribution in [-0.2, 0) is 4.79 Å². The Labute approximate surface area is 210 Å². The van der Waals surface area contributed by atoms with Crippen molar-refractivity contribution >= 4 is 40.4 Å². The van der Waals surface area contributed by atoms with E-state index < -0.39 is 0 Å². The molecule has 2 aliphatic rings. The minimum atomic E-state index is -0.115. The zero-order chi connectivity index (χ0) is 24.9. The SMILES string of the molecule is Cc1cc(C(=O)NCCCN2CCCC2=O)ccc1Nc1nc(NC2CCCCC2)c2[nH]c[nH+]c2n1. The van der Waals surface area contributed by atoms with Crippen molar-refractivity contribution < 1.29 is 14.6 Å². The van der Waals surface area contributed by atoms with Gasteiger partial charge in [0.2, 0.25) is 11.4 Å². The molecule has 1 saturated carbocycles. The number of amides is 2. The van der Waals surface area contributed by atoms with Gasteiger partial charge in [0.1, 0.15) is 0 Å². The summed E-state index contributed by atoms with van der Waals surface area (Å²) in [5.41, 5.74) is 3.97. The minimum Gasteiger partial charge on any atom is -0.364 e. The fraction of sp³-hybridized carbons (Fsp3) is 0.500. The van der Waals surface area contributed by atoms with Crippen LogP contribution in [0.2, 0.25) is 0 Å². The van der Waals surface area contributed by atoms with Crippen molar-refractivity contribution in [1.29, 1.82) is 0 Å². The van der Waals surface area contributed by atoms with Crippen LogP contribution < -0.4 is 20.9 Å². The lowest BCUT2D eigenvalue weighted by Gasteiger charge is -2.23. The number of likely N-dealkylation sites (tertiary alicyclic amines) is 1. The summed E-state index contributed by atoms with van der Waals surface area (Å²) >= 11 is 0. The zero-order valence-corrected chi connectivity index (χ0v) is 20.8. The molecule has 1 aromatic carbocycles. The van der Waals surface area contributed by atoms with E-state index in [4.69, 9.17) is 4.98 Å². The van der Waals surface area contributed by atoms with E-state index in [0.29, 0.717) is 37.1 Å². The van der Waals surface area contributed by atoms with Gasteiger partial charge in [0, 0.05) is 43.3 Å². The lowest BCUT2D eigenvalue weighted by atomic mass is 9.95. The molecular formula is C26H35N8O2+. The average Bonchev–Trinajstić information content (AvgIpc) is 3.52. The number of benzene rings is 1. The Morgan fingerprint density at radius 1 is 1.19 bits per heavy atom. The summed E-state index contributed by atoms with van der Waals surface area (Å²) in [6.07, 6.45) is 10.2. The first-order valence-electron chi connectivity index (χ1n) is 13.0. The Hall–Kier alpha value is -3.69. The van der Waals surface area contributed by atoms with E-state index in [0.717, 1.165) is 60.5 Å². The maximum Gasteiger partial charge on any atom is 0.307 e. The Balaban J connectivity index is 1.21. The van der Waals surface area contributed by atoms with Gasteiger partial charge in [0.25, 0.3) is 5.91 Å². The molecular weight excluding hydrogens is 456 g/mol. The molecule has 0 spiro atoms. The van der Waals surface area contributed by atoms with Crippen molar-refractivity contribution in [3.05, 3.63) is 35.7 Å². The van der Waals surface area contributed by atoms with E-state index in [-0.39, 0.29) is 11.8 Å². The number of rotatable bonds is 9. The Morgan fingerprint density at radius 2 is 2.06 bits per heavy atom. The highest BCUT2D eigenvalue weighted by Crippen LogP contribution is 2.26. The fourth-order valence-electron chi connectivity index (χ4n) is 5.06. The number of imidazole rings is 1. The predicted octanol–water partition coefficient (Wildman–Crippen LogP) is 3.31. The second-order valence-electron chi connectivity index (χ2n) is 9.78. The van der Waals surface area contributed by atoms with Crippen LogP contribution in [-0.4, -0.2) is 57.3 Å². The number of carbonyl (C=O) groups excluding carboxylic acids is 2. The lowest BCUT2D eigenvalue weighted by Crippen LogP contribution is -2.30. The number of fused-ring (bicyclic) bond motifs is 1. The molecule has 5 rings (SSSR count). The number of anilines is 3. The molecule has 0 atom stereocenters. The van der Waals surface area contributed by atoms with E-state index in [1.165, 1.54) is 19.3 Å². The van der Waals surface area contributed by atoms with E-state index in [1.807, 2.05) is 24.0 Å². The standard InChI is InChI=1S/C26H34N8O2/c1-17-15-18(25(36)27-12-6-14-34-13-5-9-21(34)35)10-11-20(17)31-26-32-23-22(28-16-29-23)24(33-26)30-19-7-3-2-4-8-19/h10-11,15-16,19H,2-9,12-14H2,1H3,(H,27,36)(H3,28,29,30,31,32,33)/p+1. The largest absolute Gasteiger partial charge is 0.364 e. The monoisotopic (exact) mass is 491 g/mol. The summed E-state index contributed by atoms with van der Waals surface area (Å²) in [5.74, 6) is 1.39. The van der Waals surface area contributed by atoms with Gasteiger partial charge in [0.05, 0.1) is 0 Å². The summed E-state index contributed by atoms with van der Waals surface area (Å²) in [4.78, 5) is 41.9. The third kappa shape index (κ3) is 5.58. The van der Waals surface area contributed by atoms with Crippen LogP contribution in [0.3, 0.4) is 0 Å². The fourth-order valence-corrected chi connectivity index (χ4v) is 5.06. The lowest BCUT2D eigenvalue weighted by molar-refractivity contribution is -0.347. The Morgan fingerprint density at radius 3 is 2.83 bits per heavy atom. The number of aromatic amines is 2. The summed E-state index contributed by atoms with van der Waals surface area (Å²) < 4.78 is 0. The van der Waals surface area contributed by atoms with Crippen LogP contribution in [0.4, 0.5) is 17.5 Å². The number of H-pyrrole nitrogens is 2. The van der Waals surface area contributed by atoms with E-state index >= 15 is 0 Å². The second-order valence-corrected chi connectivity index (χ2v) is 9.78. The Bertz CT molecular complexity index is 1230. The van der Waals surface area contributed by atoms with Gasteiger partial charge >= 0.3 is 11.6 Å². The molecule has 10 heteroatoms. The first-order valence-corrected chi connectivity index (χ1v) is 13.0. The van der Waals surface area contributed by atoms with Crippen molar-refractivity contribution in [2.75, 3.05) is 30.3 Å². The summed E-state index contributed by atoms with van der Waals surface area (Å²) in [5, 5.41) is 9.88. The third-order valence-electron chi connectivity index (χ3n) is 7.08. The topological polar surface area (TPSA) is 129 Å². The number of hydrogen-bond acceptors (Lipinski definition) is 6. The zero-order valence-electron chi connectivity index (χ0n) is 20.8. The number of aromatic nitrogens is 4. The predicted molar refractivity (Wildman–Crippen MR) is 138 cm³/mol. The van der Waals surface area contributed by atoms with Crippen molar-refractivity contribution in [3.8, 4) is 0 Å². The second kappa shape index (κ2) is 10.9. The van der Waals surface area contributed by atoms with Crippen LogP contribution in [0.25, 0.3) is 11.2 Å². The quantitative estimate of drug-likeness (QED) is 0.340. The van der Waals surface area contributed by atoms with Crippen molar-refractivity contribution in [3.63, 3.8) is 0 Å². The molecule has 0 unspecified atom stereocenters. The van der Waals surface area contributed by atoms with Crippen LogP contribution in [0.5, 0.6) is 0 Å². The van der Waals surface area contributed by atoms with Gasteiger partial charge in [-0.2, -0.15) is 4.98 Å². The van der Waals surface area contributed by atoms with Crippen LogP contribution >= 0.6 is 0 Å². The number of nitrogens with one attached hydrogen (secondary N) is 5. The molecule has 2 fully saturated rings.